The summed E-state index contributed by atoms with van der Waals surface area (Å²) in [7, 11) is 4.20. The Bertz CT molecular complexity index is 864. The molecule has 0 saturated carbocycles. The summed E-state index contributed by atoms with van der Waals surface area (Å²) in [5, 5.41) is 6.64. The zero-order valence-electron chi connectivity index (χ0n) is 14.3. The van der Waals surface area contributed by atoms with Gasteiger partial charge >= 0.3 is 0 Å². The van der Waals surface area contributed by atoms with Gasteiger partial charge in [-0.2, -0.15) is 0 Å². The number of benzene rings is 2. The average Bonchev–Trinajstić information content (AvgIpc) is 2.56. The molecule has 5 heteroatoms. The van der Waals surface area contributed by atoms with Gasteiger partial charge in [-0.05, 0) is 69.7 Å². The zero-order valence-corrected chi connectivity index (χ0v) is 15.8. The topological polar surface area (TPSA) is 28.2 Å². The van der Waals surface area contributed by atoms with Gasteiger partial charge in [0.25, 0.3) is 0 Å². The Hall–Kier alpha value is -1.49. The van der Waals surface area contributed by atoms with Crippen molar-refractivity contribution < 1.29 is 0 Å². The van der Waals surface area contributed by atoms with Crippen molar-refractivity contribution in [3.8, 4) is 0 Å². The predicted molar refractivity (Wildman–Crippen MR) is 108 cm³/mol. The lowest BCUT2D eigenvalue weighted by Gasteiger charge is -2.15. The first kappa shape index (κ1) is 17.3. The van der Waals surface area contributed by atoms with Gasteiger partial charge in [-0.25, -0.2) is 4.98 Å². The van der Waals surface area contributed by atoms with Crippen LogP contribution in [0.15, 0.2) is 41.3 Å². The number of nitrogens with zero attached hydrogens (tertiary/aromatic N) is 2. The lowest BCUT2D eigenvalue weighted by Crippen LogP contribution is -2.16. The van der Waals surface area contributed by atoms with E-state index in [0.29, 0.717) is 5.02 Å². The first-order valence-corrected chi connectivity index (χ1v) is 9.64. The summed E-state index contributed by atoms with van der Waals surface area (Å²) in [5.41, 5.74) is 3.08. The van der Waals surface area contributed by atoms with Crippen molar-refractivity contribution >= 4 is 50.9 Å². The van der Waals surface area contributed by atoms with Crippen LogP contribution in [-0.2, 0) is 0 Å². The number of pyridine rings is 1. The Balaban J connectivity index is 2.08. The lowest BCUT2D eigenvalue weighted by molar-refractivity contribution is 0.405. The van der Waals surface area contributed by atoms with Crippen LogP contribution in [-0.4, -0.2) is 43.3 Å². The number of aromatic nitrogens is 1. The molecule has 24 heavy (non-hydrogen) atoms. The highest BCUT2D eigenvalue weighted by molar-refractivity contribution is 7.98. The van der Waals surface area contributed by atoms with Crippen molar-refractivity contribution in [1.29, 1.82) is 0 Å². The van der Waals surface area contributed by atoms with E-state index >= 15 is 0 Å². The van der Waals surface area contributed by atoms with E-state index in [0.717, 1.165) is 41.6 Å². The molecule has 0 atom stereocenters. The molecular weight excluding hydrogens is 338 g/mol. The van der Waals surface area contributed by atoms with Crippen LogP contribution in [0.2, 0.25) is 5.02 Å². The van der Waals surface area contributed by atoms with Gasteiger partial charge in [0.1, 0.15) is 0 Å². The summed E-state index contributed by atoms with van der Waals surface area (Å²) in [6, 6.07) is 12.4. The monoisotopic (exact) mass is 359 g/mol. The Morgan fingerprint density at radius 3 is 2.67 bits per heavy atom. The van der Waals surface area contributed by atoms with Gasteiger partial charge in [-0.3, -0.25) is 0 Å². The minimum absolute atomic E-state index is 0.716. The van der Waals surface area contributed by atoms with Crippen LogP contribution < -0.4 is 5.32 Å². The predicted octanol–water partition coefficient (Wildman–Crippen LogP) is 5.13. The van der Waals surface area contributed by atoms with E-state index in [9.17, 15) is 0 Å². The summed E-state index contributed by atoms with van der Waals surface area (Å²) < 4.78 is 0. The van der Waals surface area contributed by atoms with Gasteiger partial charge in [-0.15, -0.1) is 11.8 Å². The SMILES string of the molecule is CSc1ccc2nc3cc(Cl)ccc3c(NCCCN(C)C)c2c1. The highest BCUT2D eigenvalue weighted by Gasteiger charge is 2.10. The molecule has 0 aliphatic heterocycles. The molecule has 0 aliphatic carbocycles. The van der Waals surface area contributed by atoms with E-state index < -0.39 is 0 Å². The van der Waals surface area contributed by atoms with Crippen molar-refractivity contribution in [2.75, 3.05) is 38.8 Å². The molecule has 1 N–H and O–H groups in total. The minimum atomic E-state index is 0.716. The highest BCUT2D eigenvalue weighted by Crippen LogP contribution is 2.34. The molecule has 0 bridgehead atoms. The Morgan fingerprint density at radius 1 is 1.08 bits per heavy atom. The second kappa shape index (κ2) is 7.60. The van der Waals surface area contributed by atoms with E-state index in [1.54, 1.807) is 11.8 Å². The summed E-state index contributed by atoms with van der Waals surface area (Å²) in [5.74, 6) is 0. The molecule has 2 aromatic carbocycles. The van der Waals surface area contributed by atoms with Crippen molar-refractivity contribution in [3.63, 3.8) is 0 Å². The van der Waals surface area contributed by atoms with E-state index in [4.69, 9.17) is 16.6 Å². The number of anilines is 1. The summed E-state index contributed by atoms with van der Waals surface area (Å²) in [6.07, 6.45) is 3.19. The van der Waals surface area contributed by atoms with Gasteiger partial charge in [0, 0.05) is 27.2 Å². The molecule has 0 unspecified atom stereocenters. The molecule has 1 aromatic heterocycles. The van der Waals surface area contributed by atoms with Crippen molar-refractivity contribution in [3.05, 3.63) is 41.4 Å². The van der Waals surface area contributed by atoms with Crippen LogP contribution in [0.25, 0.3) is 21.8 Å². The van der Waals surface area contributed by atoms with Crippen molar-refractivity contribution in [2.45, 2.75) is 11.3 Å². The third-order valence-corrected chi connectivity index (χ3v) is 4.99. The number of hydrogen-bond donors (Lipinski definition) is 1. The molecule has 3 nitrogen and oxygen atoms in total. The first-order chi connectivity index (χ1) is 11.6. The molecule has 0 aliphatic rings. The van der Waals surface area contributed by atoms with Crippen LogP contribution >= 0.6 is 23.4 Å². The molecule has 0 spiro atoms. The van der Waals surface area contributed by atoms with E-state index in [2.05, 4.69) is 54.8 Å². The summed E-state index contributed by atoms with van der Waals surface area (Å²) in [6.45, 7) is 1.99. The lowest BCUT2D eigenvalue weighted by atomic mass is 10.1. The summed E-state index contributed by atoms with van der Waals surface area (Å²) in [4.78, 5) is 8.24. The van der Waals surface area contributed by atoms with Crippen LogP contribution in [0.4, 0.5) is 5.69 Å². The number of rotatable bonds is 6. The molecule has 0 saturated heterocycles. The van der Waals surface area contributed by atoms with Crippen molar-refractivity contribution in [1.82, 2.24) is 9.88 Å². The Labute approximate surface area is 152 Å². The fourth-order valence-corrected chi connectivity index (χ4v) is 3.43. The maximum absolute atomic E-state index is 6.16. The number of nitrogens with one attached hydrogen (secondary N) is 1. The van der Waals surface area contributed by atoms with Gasteiger partial charge in [0.2, 0.25) is 0 Å². The van der Waals surface area contributed by atoms with Crippen LogP contribution in [0.5, 0.6) is 0 Å². The maximum atomic E-state index is 6.16. The molecule has 126 valence electrons. The summed E-state index contributed by atoms with van der Waals surface area (Å²) >= 11 is 7.91. The molecule has 3 rings (SSSR count). The molecule has 0 fully saturated rings. The van der Waals surface area contributed by atoms with E-state index in [-0.39, 0.29) is 0 Å². The largest absolute Gasteiger partial charge is 0.384 e. The second-order valence-corrected chi connectivity index (χ2v) is 7.43. The Morgan fingerprint density at radius 2 is 1.92 bits per heavy atom. The molecule has 0 amide bonds. The molecule has 3 aromatic rings. The molecular formula is C19H22ClN3S. The zero-order chi connectivity index (χ0) is 17.1. The normalized spacial score (nSPS) is 11.5. The number of fused-ring (bicyclic) bond motifs is 2. The smallest absolute Gasteiger partial charge is 0.0745 e. The van der Waals surface area contributed by atoms with Crippen LogP contribution in [0.1, 0.15) is 6.42 Å². The molecule has 0 radical (unpaired) electrons. The average molecular weight is 360 g/mol. The number of hydrogen-bond acceptors (Lipinski definition) is 4. The van der Waals surface area contributed by atoms with Gasteiger partial charge in [0.15, 0.2) is 0 Å². The van der Waals surface area contributed by atoms with Crippen LogP contribution in [0, 0.1) is 0 Å². The highest BCUT2D eigenvalue weighted by atomic mass is 35.5. The Kier molecular flexibility index (Phi) is 5.49. The van der Waals surface area contributed by atoms with E-state index in [1.807, 2.05) is 12.1 Å². The number of thioether (sulfide) groups is 1. The fourth-order valence-electron chi connectivity index (χ4n) is 2.82. The van der Waals surface area contributed by atoms with E-state index in [1.165, 1.54) is 10.3 Å². The first-order valence-electron chi connectivity index (χ1n) is 8.04. The number of halogens is 1. The molecule has 1 heterocycles. The fraction of sp³-hybridized carbons (Fsp3) is 0.316. The maximum Gasteiger partial charge on any atom is 0.0745 e. The van der Waals surface area contributed by atoms with Crippen molar-refractivity contribution in [2.24, 2.45) is 0 Å². The van der Waals surface area contributed by atoms with Crippen LogP contribution in [0.3, 0.4) is 0 Å². The van der Waals surface area contributed by atoms with Gasteiger partial charge in [-0.1, -0.05) is 11.6 Å². The minimum Gasteiger partial charge on any atom is -0.384 e. The van der Waals surface area contributed by atoms with Gasteiger partial charge < -0.3 is 10.2 Å². The quantitative estimate of drug-likeness (QED) is 0.375. The third-order valence-electron chi connectivity index (χ3n) is 4.03. The standard InChI is InChI=1S/C19H22ClN3S/c1-23(2)10-4-9-21-19-15-7-5-13(20)11-18(15)22-17-8-6-14(24-3)12-16(17)19/h5-8,11-12H,4,9-10H2,1-3H3,(H,21,22). The third kappa shape index (κ3) is 3.77. The second-order valence-electron chi connectivity index (χ2n) is 6.11. The van der Waals surface area contributed by atoms with Gasteiger partial charge in [0.05, 0.1) is 16.7 Å².